The van der Waals surface area contributed by atoms with Gasteiger partial charge >= 0.3 is 0 Å². The zero-order chi connectivity index (χ0) is 17.6. The van der Waals surface area contributed by atoms with E-state index in [1.165, 1.54) is 37.1 Å². The van der Waals surface area contributed by atoms with Crippen LogP contribution in [0.3, 0.4) is 0 Å². The molecule has 5 heteroatoms. The molecule has 140 valence electrons. The topological polar surface area (TPSA) is 33.5 Å². The first-order valence-electron chi connectivity index (χ1n) is 9.97. The summed E-state index contributed by atoms with van der Waals surface area (Å²) in [7, 11) is 0. The maximum absolute atomic E-state index is 6.12. The summed E-state index contributed by atoms with van der Waals surface area (Å²) in [5, 5.41) is 4.28. The second-order valence-corrected chi connectivity index (χ2v) is 7.61. The van der Waals surface area contributed by atoms with Gasteiger partial charge < -0.3 is 9.64 Å². The molecule has 5 nitrogen and oxygen atoms in total. The number of ether oxygens (including phenoxy) is 1. The summed E-state index contributed by atoms with van der Waals surface area (Å²) < 4.78 is 8.08. The minimum Gasteiger partial charge on any atom is -0.376 e. The van der Waals surface area contributed by atoms with E-state index in [0.29, 0.717) is 6.10 Å². The van der Waals surface area contributed by atoms with Gasteiger partial charge in [-0.15, -0.1) is 0 Å². The van der Waals surface area contributed by atoms with Crippen molar-refractivity contribution in [1.82, 2.24) is 19.6 Å². The smallest absolute Gasteiger partial charge is 0.0828 e. The molecule has 0 spiro atoms. The lowest BCUT2D eigenvalue weighted by Gasteiger charge is -2.27. The summed E-state index contributed by atoms with van der Waals surface area (Å²) >= 11 is 0. The van der Waals surface area contributed by atoms with Crippen molar-refractivity contribution < 1.29 is 4.74 Å². The van der Waals surface area contributed by atoms with Gasteiger partial charge in [-0.25, -0.2) is 0 Å². The fourth-order valence-electron chi connectivity index (χ4n) is 4.07. The normalized spacial score (nSPS) is 22.5. The van der Waals surface area contributed by atoms with Crippen molar-refractivity contribution in [2.24, 2.45) is 0 Å². The molecule has 4 rings (SSSR count). The highest BCUT2D eigenvalue weighted by molar-refractivity contribution is 5.22. The standard InChI is InChI=1S/C21H30N4O/c1-2-11-23(10-1)17-21-18-24(12-4-14-26-21)15-19-5-7-20(8-6-19)16-25-13-3-9-22-25/h3,5-9,13,21H,1-2,4,10-12,14-18H2. The van der Waals surface area contributed by atoms with Gasteiger partial charge in [-0.1, -0.05) is 24.3 Å². The van der Waals surface area contributed by atoms with E-state index in [2.05, 4.69) is 39.2 Å². The number of nitrogens with zero attached hydrogens (tertiary/aromatic N) is 4. The molecule has 2 aromatic rings. The average Bonchev–Trinajstić information content (AvgIpc) is 3.30. The van der Waals surface area contributed by atoms with E-state index in [1.807, 2.05) is 23.1 Å². The van der Waals surface area contributed by atoms with Gasteiger partial charge in [-0.3, -0.25) is 9.58 Å². The summed E-state index contributed by atoms with van der Waals surface area (Å²) in [5.41, 5.74) is 2.68. The second-order valence-electron chi connectivity index (χ2n) is 7.61. The second kappa shape index (κ2) is 8.80. The first-order valence-corrected chi connectivity index (χ1v) is 9.97. The number of rotatable bonds is 6. The number of benzene rings is 1. The Bertz CT molecular complexity index is 649. The van der Waals surface area contributed by atoms with Gasteiger partial charge in [0.1, 0.15) is 0 Å². The van der Waals surface area contributed by atoms with Crippen LogP contribution in [0.15, 0.2) is 42.7 Å². The lowest BCUT2D eigenvalue weighted by molar-refractivity contribution is 0.0308. The van der Waals surface area contributed by atoms with Crippen molar-refractivity contribution in [1.29, 1.82) is 0 Å². The Morgan fingerprint density at radius 1 is 0.923 bits per heavy atom. The van der Waals surface area contributed by atoms with Gasteiger partial charge in [0.15, 0.2) is 0 Å². The Balaban J connectivity index is 1.31. The van der Waals surface area contributed by atoms with Gasteiger partial charge in [0.2, 0.25) is 0 Å². The zero-order valence-corrected chi connectivity index (χ0v) is 15.6. The van der Waals surface area contributed by atoms with E-state index in [0.717, 1.165) is 45.8 Å². The molecular formula is C21H30N4O. The number of hydrogen-bond acceptors (Lipinski definition) is 4. The summed E-state index contributed by atoms with van der Waals surface area (Å²) in [6, 6.07) is 11.0. The average molecular weight is 354 g/mol. The molecule has 0 radical (unpaired) electrons. The maximum atomic E-state index is 6.12. The number of likely N-dealkylation sites (tertiary alicyclic amines) is 1. The van der Waals surface area contributed by atoms with Crippen LogP contribution >= 0.6 is 0 Å². The van der Waals surface area contributed by atoms with E-state index in [4.69, 9.17) is 4.74 Å². The Kier molecular flexibility index (Phi) is 5.99. The summed E-state index contributed by atoms with van der Waals surface area (Å²) in [4.78, 5) is 5.13. The molecule has 0 aliphatic carbocycles. The summed E-state index contributed by atoms with van der Waals surface area (Å²) in [6.45, 7) is 8.52. The predicted octanol–water partition coefficient (Wildman–Crippen LogP) is 2.62. The fourth-order valence-corrected chi connectivity index (χ4v) is 4.07. The molecule has 0 N–H and O–H groups in total. The Morgan fingerprint density at radius 2 is 1.65 bits per heavy atom. The van der Waals surface area contributed by atoms with Crippen LogP contribution in [0.2, 0.25) is 0 Å². The van der Waals surface area contributed by atoms with Crippen LogP contribution in [-0.2, 0) is 17.8 Å². The molecule has 2 aliphatic rings. The van der Waals surface area contributed by atoms with Gasteiger partial charge in [0.25, 0.3) is 0 Å². The first-order chi connectivity index (χ1) is 12.8. The van der Waals surface area contributed by atoms with Crippen LogP contribution in [0.4, 0.5) is 0 Å². The van der Waals surface area contributed by atoms with Gasteiger partial charge in [0.05, 0.1) is 12.6 Å². The highest BCUT2D eigenvalue weighted by Crippen LogP contribution is 2.15. The highest BCUT2D eigenvalue weighted by atomic mass is 16.5. The zero-order valence-electron chi connectivity index (χ0n) is 15.6. The minimum absolute atomic E-state index is 0.356. The molecule has 0 amide bonds. The fraction of sp³-hybridized carbons (Fsp3) is 0.571. The van der Waals surface area contributed by atoms with E-state index < -0.39 is 0 Å². The van der Waals surface area contributed by atoms with Crippen LogP contribution in [0, 0.1) is 0 Å². The Morgan fingerprint density at radius 3 is 2.38 bits per heavy atom. The van der Waals surface area contributed by atoms with E-state index in [9.17, 15) is 0 Å². The van der Waals surface area contributed by atoms with E-state index in [1.54, 1.807) is 0 Å². The van der Waals surface area contributed by atoms with Crippen LogP contribution in [0.25, 0.3) is 0 Å². The monoisotopic (exact) mass is 354 g/mol. The third kappa shape index (κ3) is 4.93. The summed E-state index contributed by atoms with van der Waals surface area (Å²) in [6.07, 6.45) is 8.02. The highest BCUT2D eigenvalue weighted by Gasteiger charge is 2.22. The third-order valence-electron chi connectivity index (χ3n) is 5.43. The molecular weight excluding hydrogens is 324 g/mol. The van der Waals surface area contributed by atoms with Crippen molar-refractivity contribution in [3.63, 3.8) is 0 Å². The molecule has 2 saturated heterocycles. The van der Waals surface area contributed by atoms with Gasteiger partial charge in [0, 0.05) is 45.2 Å². The lowest BCUT2D eigenvalue weighted by atomic mass is 10.1. The predicted molar refractivity (Wildman–Crippen MR) is 103 cm³/mol. The van der Waals surface area contributed by atoms with E-state index in [-0.39, 0.29) is 0 Å². The molecule has 2 aliphatic heterocycles. The quantitative estimate of drug-likeness (QED) is 0.798. The molecule has 1 aromatic heterocycles. The number of aromatic nitrogens is 2. The molecule has 1 unspecified atom stereocenters. The van der Waals surface area contributed by atoms with Crippen molar-refractivity contribution in [3.05, 3.63) is 53.9 Å². The van der Waals surface area contributed by atoms with Gasteiger partial charge in [-0.05, 0) is 49.5 Å². The molecule has 26 heavy (non-hydrogen) atoms. The molecule has 0 saturated carbocycles. The molecule has 0 bridgehead atoms. The lowest BCUT2D eigenvalue weighted by Crippen LogP contribution is -2.39. The van der Waals surface area contributed by atoms with Gasteiger partial charge in [-0.2, -0.15) is 5.10 Å². The molecule has 1 atom stereocenters. The van der Waals surface area contributed by atoms with Crippen molar-refractivity contribution in [3.8, 4) is 0 Å². The Hall–Kier alpha value is -1.69. The molecule has 3 heterocycles. The van der Waals surface area contributed by atoms with Crippen molar-refractivity contribution in [2.45, 2.75) is 38.5 Å². The SMILES string of the molecule is c1cnn(Cc2ccc(CN3CCCOC(CN4CCCC4)C3)cc2)c1. The summed E-state index contributed by atoms with van der Waals surface area (Å²) in [5.74, 6) is 0. The van der Waals surface area contributed by atoms with Crippen LogP contribution in [0.1, 0.15) is 30.4 Å². The largest absolute Gasteiger partial charge is 0.376 e. The molecule has 1 aromatic carbocycles. The van der Waals surface area contributed by atoms with E-state index >= 15 is 0 Å². The maximum Gasteiger partial charge on any atom is 0.0828 e. The first kappa shape index (κ1) is 17.7. The Labute approximate surface area is 156 Å². The third-order valence-corrected chi connectivity index (χ3v) is 5.43. The van der Waals surface area contributed by atoms with Crippen LogP contribution < -0.4 is 0 Å². The minimum atomic E-state index is 0.356. The van der Waals surface area contributed by atoms with Crippen molar-refractivity contribution in [2.75, 3.05) is 39.3 Å². The molecule has 2 fully saturated rings. The van der Waals surface area contributed by atoms with Crippen LogP contribution in [-0.4, -0.2) is 65.0 Å². The van der Waals surface area contributed by atoms with Crippen LogP contribution in [0.5, 0.6) is 0 Å². The van der Waals surface area contributed by atoms with Crippen molar-refractivity contribution >= 4 is 0 Å². The number of hydrogen-bond donors (Lipinski definition) is 0.